The molecule has 1 N–H and O–H groups in total. The minimum Gasteiger partial charge on any atom is -0.348 e. The molecule has 0 fully saturated rings. The van der Waals surface area contributed by atoms with Crippen LogP contribution in [0.5, 0.6) is 0 Å². The van der Waals surface area contributed by atoms with Crippen molar-refractivity contribution in [3.63, 3.8) is 0 Å². The number of hydrogen-bond donors (Lipinski definition) is 1. The minimum atomic E-state index is -0.469. The standard InChI is InChI=1S/C18H21N5O3/c1-4-13(12-8-6-5-7-9-12)20-14(24)10-23-11-19-16-15(23)17(25)22(3)18(26)21(16)2/h5-9,11,13H,4,10H2,1-3H3,(H,20,24)/t13-/m1/s1. The first-order chi connectivity index (χ1) is 12.4. The SMILES string of the molecule is CC[C@@H](NC(=O)Cn1cnc2c1c(=O)n(C)c(=O)n2C)c1ccccc1. The molecule has 3 aromatic rings. The van der Waals surface area contributed by atoms with Crippen molar-refractivity contribution in [3.05, 3.63) is 63.1 Å². The number of rotatable bonds is 5. The third-order valence-electron chi connectivity index (χ3n) is 4.48. The largest absolute Gasteiger partial charge is 0.348 e. The number of carbonyl (C=O) groups excluding carboxylic acids is 1. The van der Waals surface area contributed by atoms with Gasteiger partial charge in [-0.1, -0.05) is 37.3 Å². The van der Waals surface area contributed by atoms with Crippen LogP contribution in [0.2, 0.25) is 0 Å². The van der Waals surface area contributed by atoms with Crippen molar-refractivity contribution in [2.75, 3.05) is 0 Å². The maximum absolute atomic E-state index is 12.5. The normalized spacial score (nSPS) is 12.3. The topological polar surface area (TPSA) is 90.9 Å². The zero-order chi connectivity index (χ0) is 18.8. The fourth-order valence-electron chi connectivity index (χ4n) is 3.02. The molecule has 2 heterocycles. The van der Waals surface area contributed by atoms with Crippen molar-refractivity contribution in [2.45, 2.75) is 25.9 Å². The van der Waals surface area contributed by atoms with Crippen LogP contribution in [0.3, 0.4) is 0 Å². The van der Waals surface area contributed by atoms with E-state index in [1.54, 1.807) is 7.05 Å². The van der Waals surface area contributed by atoms with Gasteiger partial charge >= 0.3 is 5.69 Å². The molecule has 26 heavy (non-hydrogen) atoms. The summed E-state index contributed by atoms with van der Waals surface area (Å²) in [5.74, 6) is -0.226. The zero-order valence-corrected chi connectivity index (χ0v) is 15.0. The maximum Gasteiger partial charge on any atom is 0.332 e. The average Bonchev–Trinajstić information content (AvgIpc) is 3.07. The number of nitrogens with zero attached hydrogens (tertiary/aromatic N) is 4. The highest BCUT2D eigenvalue weighted by molar-refractivity contribution is 5.79. The number of amides is 1. The fraction of sp³-hybridized carbons (Fsp3) is 0.333. The van der Waals surface area contributed by atoms with Gasteiger partial charge in [0.25, 0.3) is 5.56 Å². The minimum absolute atomic E-state index is 0.0483. The van der Waals surface area contributed by atoms with E-state index in [9.17, 15) is 14.4 Å². The van der Waals surface area contributed by atoms with Crippen LogP contribution in [0.15, 0.2) is 46.2 Å². The first-order valence-electron chi connectivity index (χ1n) is 8.39. The molecule has 0 bridgehead atoms. The zero-order valence-electron chi connectivity index (χ0n) is 15.0. The number of carbonyl (C=O) groups is 1. The highest BCUT2D eigenvalue weighted by Crippen LogP contribution is 2.16. The van der Waals surface area contributed by atoms with E-state index in [-0.39, 0.29) is 29.7 Å². The summed E-state index contributed by atoms with van der Waals surface area (Å²) < 4.78 is 3.78. The molecule has 0 aliphatic carbocycles. The monoisotopic (exact) mass is 355 g/mol. The number of benzene rings is 1. The lowest BCUT2D eigenvalue weighted by Gasteiger charge is -2.17. The van der Waals surface area contributed by atoms with Gasteiger partial charge in [-0.15, -0.1) is 0 Å². The second kappa shape index (κ2) is 6.99. The Morgan fingerprint density at radius 1 is 1.15 bits per heavy atom. The molecule has 1 aromatic carbocycles. The highest BCUT2D eigenvalue weighted by Gasteiger charge is 2.17. The van der Waals surface area contributed by atoms with Gasteiger partial charge in [0.15, 0.2) is 11.2 Å². The Bertz CT molecular complexity index is 1060. The van der Waals surface area contributed by atoms with Gasteiger partial charge in [-0.3, -0.25) is 18.7 Å². The summed E-state index contributed by atoms with van der Waals surface area (Å²) in [5, 5.41) is 2.98. The molecule has 8 heteroatoms. The summed E-state index contributed by atoms with van der Waals surface area (Å²) in [7, 11) is 2.95. The van der Waals surface area contributed by atoms with Crippen LogP contribution in [-0.4, -0.2) is 24.6 Å². The Balaban J connectivity index is 1.89. The molecule has 0 unspecified atom stereocenters. The van der Waals surface area contributed by atoms with Crippen LogP contribution < -0.4 is 16.6 Å². The third kappa shape index (κ3) is 3.05. The number of aryl methyl sites for hydroxylation is 1. The van der Waals surface area contributed by atoms with E-state index in [0.29, 0.717) is 0 Å². The number of nitrogens with one attached hydrogen (secondary N) is 1. The van der Waals surface area contributed by atoms with E-state index in [0.717, 1.165) is 16.6 Å². The van der Waals surface area contributed by atoms with Crippen LogP contribution in [-0.2, 0) is 25.4 Å². The van der Waals surface area contributed by atoms with E-state index >= 15 is 0 Å². The van der Waals surface area contributed by atoms with Gasteiger partial charge in [0.05, 0.1) is 12.4 Å². The van der Waals surface area contributed by atoms with Gasteiger partial charge < -0.3 is 9.88 Å². The van der Waals surface area contributed by atoms with Crippen molar-refractivity contribution < 1.29 is 4.79 Å². The molecule has 0 spiro atoms. The van der Waals surface area contributed by atoms with Crippen LogP contribution in [0.1, 0.15) is 24.9 Å². The van der Waals surface area contributed by atoms with Gasteiger partial charge in [0, 0.05) is 14.1 Å². The van der Waals surface area contributed by atoms with Crippen molar-refractivity contribution >= 4 is 17.1 Å². The van der Waals surface area contributed by atoms with Crippen molar-refractivity contribution in [1.82, 2.24) is 24.0 Å². The molecule has 0 aliphatic heterocycles. The molecule has 0 aliphatic rings. The summed E-state index contributed by atoms with van der Waals surface area (Å²) in [6, 6.07) is 9.61. The molecule has 3 rings (SSSR count). The van der Waals surface area contributed by atoms with Crippen molar-refractivity contribution in [1.29, 1.82) is 0 Å². The predicted octanol–water partition coefficient (Wildman–Crippen LogP) is 0.701. The number of fused-ring (bicyclic) bond motifs is 1. The molecule has 1 atom stereocenters. The Labute approximate surface area is 149 Å². The van der Waals surface area contributed by atoms with Crippen LogP contribution in [0.25, 0.3) is 11.2 Å². The molecule has 2 aromatic heterocycles. The molecule has 0 saturated heterocycles. The number of imidazole rings is 1. The lowest BCUT2D eigenvalue weighted by Crippen LogP contribution is -2.38. The van der Waals surface area contributed by atoms with E-state index in [1.807, 2.05) is 37.3 Å². The lowest BCUT2D eigenvalue weighted by atomic mass is 10.0. The van der Waals surface area contributed by atoms with Gasteiger partial charge in [-0.05, 0) is 12.0 Å². The molecule has 136 valence electrons. The number of hydrogen-bond acceptors (Lipinski definition) is 4. The first kappa shape index (κ1) is 17.7. The van der Waals surface area contributed by atoms with Gasteiger partial charge in [0.2, 0.25) is 5.91 Å². The molecule has 0 radical (unpaired) electrons. The van der Waals surface area contributed by atoms with Crippen LogP contribution >= 0.6 is 0 Å². The maximum atomic E-state index is 12.5. The summed E-state index contributed by atoms with van der Waals surface area (Å²) in [4.78, 5) is 41.0. The Hall–Kier alpha value is -3.16. The second-order valence-corrected chi connectivity index (χ2v) is 6.19. The van der Waals surface area contributed by atoms with Crippen molar-refractivity contribution in [2.24, 2.45) is 14.1 Å². The summed E-state index contributed by atoms with van der Waals surface area (Å²) in [6.07, 6.45) is 2.16. The van der Waals surface area contributed by atoms with E-state index in [4.69, 9.17) is 0 Å². The molecular formula is C18H21N5O3. The van der Waals surface area contributed by atoms with Gasteiger partial charge in [-0.2, -0.15) is 0 Å². The van der Waals surface area contributed by atoms with Gasteiger partial charge in [-0.25, -0.2) is 9.78 Å². The summed E-state index contributed by atoms with van der Waals surface area (Å²) in [6.45, 7) is 1.95. The molecular weight excluding hydrogens is 334 g/mol. The highest BCUT2D eigenvalue weighted by atomic mass is 16.2. The summed E-state index contributed by atoms with van der Waals surface area (Å²) >= 11 is 0. The Morgan fingerprint density at radius 3 is 2.50 bits per heavy atom. The number of aromatic nitrogens is 4. The fourth-order valence-corrected chi connectivity index (χ4v) is 3.02. The third-order valence-corrected chi connectivity index (χ3v) is 4.48. The molecule has 0 saturated carbocycles. The molecule has 8 nitrogen and oxygen atoms in total. The quantitative estimate of drug-likeness (QED) is 0.729. The molecule has 1 amide bonds. The van der Waals surface area contributed by atoms with E-state index < -0.39 is 11.2 Å². The Morgan fingerprint density at radius 2 is 1.85 bits per heavy atom. The van der Waals surface area contributed by atoms with Crippen LogP contribution in [0, 0.1) is 0 Å². The second-order valence-electron chi connectivity index (χ2n) is 6.19. The predicted molar refractivity (Wildman–Crippen MR) is 97.8 cm³/mol. The summed E-state index contributed by atoms with van der Waals surface area (Å²) in [5.41, 5.74) is 0.603. The average molecular weight is 355 g/mol. The van der Waals surface area contributed by atoms with Gasteiger partial charge in [0.1, 0.15) is 6.54 Å². The lowest BCUT2D eigenvalue weighted by molar-refractivity contribution is -0.122. The smallest absolute Gasteiger partial charge is 0.332 e. The van der Waals surface area contributed by atoms with E-state index in [2.05, 4.69) is 10.3 Å². The van der Waals surface area contributed by atoms with Crippen molar-refractivity contribution in [3.8, 4) is 0 Å². The van der Waals surface area contributed by atoms with Crippen LogP contribution in [0.4, 0.5) is 0 Å². The Kier molecular flexibility index (Phi) is 4.75. The first-order valence-corrected chi connectivity index (χ1v) is 8.39. The van der Waals surface area contributed by atoms with E-state index in [1.165, 1.54) is 22.5 Å².